The van der Waals surface area contributed by atoms with E-state index < -0.39 is 0 Å². The molecule has 0 aliphatic rings. The van der Waals surface area contributed by atoms with E-state index in [0.717, 1.165) is 11.1 Å². The Labute approximate surface area is 134 Å². The van der Waals surface area contributed by atoms with Crippen molar-refractivity contribution in [1.29, 1.82) is 0 Å². The lowest BCUT2D eigenvalue weighted by Gasteiger charge is -2.10. The number of halogens is 1. The number of benzene rings is 1. The van der Waals surface area contributed by atoms with Gasteiger partial charge in [0.25, 0.3) is 0 Å². The van der Waals surface area contributed by atoms with Crippen molar-refractivity contribution in [2.45, 2.75) is 13.2 Å². The van der Waals surface area contributed by atoms with E-state index in [2.05, 4.69) is 0 Å². The number of ether oxygens (including phenoxy) is 2. The Kier molecular flexibility index (Phi) is 5.95. The van der Waals surface area contributed by atoms with Gasteiger partial charge in [-0.15, -0.1) is 0 Å². The quantitative estimate of drug-likeness (QED) is 0.568. The summed E-state index contributed by atoms with van der Waals surface area (Å²) in [4.78, 5) is 12.4. The summed E-state index contributed by atoms with van der Waals surface area (Å²) < 4.78 is 15.4. The lowest BCUT2D eigenvalue weighted by Crippen LogP contribution is -2.03. The third kappa shape index (κ3) is 4.07. The molecule has 4 nitrogen and oxygen atoms in total. The number of furan rings is 1. The van der Waals surface area contributed by atoms with E-state index in [-0.39, 0.29) is 5.78 Å². The molecule has 0 aliphatic heterocycles. The van der Waals surface area contributed by atoms with Gasteiger partial charge in [0.15, 0.2) is 5.78 Å². The van der Waals surface area contributed by atoms with Gasteiger partial charge in [-0.2, -0.15) is 0 Å². The smallest absolute Gasteiger partial charge is 0.187 e. The van der Waals surface area contributed by atoms with Crippen molar-refractivity contribution >= 4 is 23.5 Å². The molecule has 0 fully saturated rings. The van der Waals surface area contributed by atoms with Crippen LogP contribution in [0.15, 0.2) is 41.0 Å². The van der Waals surface area contributed by atoms with E-state index >= 15 is 0 Å². The molecule has 5 heteroatoms. The minimum Gasteiger partial charge on any atom is -0.465 e. The molecule has 0 saturated carbocycles. The predicted octanol–water partition coefficient (Wildman–Crippen LogP) is 4.12. The summed E-state index contributed by atoms with van der Waals surface area (Å²) >= 11 is 6.32. The van der Waals surface area contributed by atoms with Crippen molar-refractivity contribution in [3.63, 3.8) is 0 Å². The second-order valence-electron chi connectivity index (χ2n) is 4.70. The zero-order valence-electron chi connectivity index (χ0n) is 12.5. The molecule has 2 rings (SSSR count). The van der Waals surface area contributed by atoms with Gasteiger partial charge in [-0.25, -0.2) is 0 Å². The fourth-order valence-corrected chi connectivity index (χ4v) is 2.33. The maximum Gasteiger partial charge on any atom is 0.187 e. The lowest BCUT2D eigenvalue weighted by atomic mass is 10.0. The molecule has 0 saturated heterocycles. The van der Waals surface area contributed by atoms with Crippen LogP contribution < -0.4 is 0 Å². The summed E-state index contributed by atoms with van der Waals surface area (Å²) in [6.45, 7) is 0.731. The number of methoxy groups -OCH3 is 2. The monoisotopic (exact) mass is 320 g/mol. The van der Waals surface area contributed by atoms with Crippen LogP contribution in [0.25, 0.3) is 6.08 Å². The van der Waals surface area contributed by atoms with Crippen LogP contribution in [-0.4, -0.2) is 20.0 Å². The molecule has 0 spiro atoms. The van der Waals surface area contributed by atoms with Crippen molar-refractivity contribution in [1.82, 2.24) is 0 Å². The molecule has 1 aromatic heterocycles. The van der Waals surface area contributed by atoms with Crippen LogP contribution in [0.3, 0.4) is 0 Å². The summed E-state index contributed by atoms with van der Waals surface area (Å²) in [6, 6.07) is 7.14. The molecule has 1 aromatic carbocycles. The standard InChI is InChI=1S/C17H17ClO4/c1-20-10-12-8-13(11-21-2)17(18)15(9-12)16(19)6-5-14-4-3-7-22-14/h3-9H,10-11H2,1-2H3/b6-5+. The highest BCUT2D eigenvalue weighted by Crippen LogP contribution is 2.25. The zero-order valence-corrected chi connectivity index (χ0v) is 13.2. The van der Waals surface area contributed by atoms with Gasteiger partial charge in [-0.3, -0.25) is 4.79 Å². The number of rotatable bonds is 7. The Morgan fingerprint density at radius 2 is 2.05 bits per heavy atom. The van der Waals surface area contributed by atoms with Gasteiger partial charge in [0.05, 0.1) is 24.5 Å². The maximum atomic E-state index is 12.4. The van der Waals surface area contributed by atoms with Gasteiger partial charge in [-0.05, 0) is 47.5 Å². The topological polar surface area (TPSA) is 48.7 Å². The van der Waals surface area contributed by atoms with Crippen LogP contribution >= 0.6 is 11.6 Å². The highest BCUT2D eigenvalue weighted by molar-refractivity contribution is 6.35. The molecular formula is C17H17ClO4. The summed E-state index contributed by atoms with van der Waals surface area (Å²) in [5.41, 5.74) is 2.05. The number of hydrogen-bond acceptors (Lipinski definition) is 4. The Morgan fingerprint density at radius 1 is 1.27 bits per heavy atom. The fourth-order valence-electron chi connectivity index (χ4n) is 2.07. The van der Waals surface area contributed by atoms with E-state index in [1.54, 1.807) is 44.8 Å². The predicted molar refractivity (Wildman–Crippen MR) is 85.0 cm³/mol. The highest BCUT2D eigenvalue weighted by atomic mass is 35.5. The molecule has 0 unspecified atom stereocenters. The van der Waals surface area contributed by atoms with Crippen LogP contribution in [0.5, 0.6) is 0 Å². The van der Waals surface area contributed by atoms with Crippen molar-refractivity contribution in [2.75, 3.05) is 14.2 Å². The third-order valence-corrected chi connectivity index (χ3v) is 3.47. The second-order valence-corrected chi connectivity index (χ2v) is 5.07. The highest BCUT2D eigenvalue weighted by Gasteiger charge is 2.14. The number of allylic oxidation sites excluding steroid dienone is 1. The number of hydrogen-bond donors (Lipinski definition) is 0. The largest absolute Gasteiger partial charge is 0.465 e. The molecule has 116 valence electrons. The van der Waals surface area contributed by atoms with Gasteiger partial charge in [0, 0.05) is 19.8 Å². The second kappa shape index (κ2) is 7.94. The molecule has 1 heterocycles. The van der Waals surface area contributed by atoms with E-state index in [1.807, 2.05) is 6.07 Å². The molecule has 0 bridgehead atoms. The van der Waals surface area contributed by atoms with E-state index in [4.69, 9.17) is 25.5 Å². The maximum absolute atomic E-state index is 12.4. The summed E-state index contributed by atoms with van der Waals surface area (Å²) in [5.74, 6) is 0.409. The van der Waals surface area contributed by atoms with Crippen LogP contribution in [0.4, 0.5) is 0 Å². The van der Waals surface area contributed by atoms with Crippen LogP contribution in [0.2, 0.25) is 5.02 Å². The molecule has 0 N–H and O–H groups in total. The SMILES string of the molecule is COCc1cc(COC)c(Cl)c(C(=O)/C=C/c2ccco2)c1. The van der Waals surface area contributed by atoms with Crippen LogP contribution in [0, 0.1) is 0 Å². The van der Waals surface area contributed by atoms with Crippen LogP contribution in [0.1, 0.15) is 27.2 Å². The third-order valence-electron chi connectivity index (χ3n) is 3.03. The Morgan fingerprint density at radius 3 is 2.68 bits per heavy atom. The summed E-state index contributed by atoms with van der Waals surface area (Å²) in [7, 11) is 3.18. The minimum atomic E-state index is -0.197. The molecule has 0 radical (unpaired) electrons. The van der Waals surface area contributed by atoms with Crippen molar-refractivity contribution < 1.29 is 18.7 Å². The molecule has 2 aromatic rings. The first kappa shape index (κ1) is 16.5. The zero-order chi connectivity index (χ0) is 15.9. The van der Waals surface area contributed by atoms with Gasteiger partial charge in [0.2, 0.25) is 0 Å². The molecular weight excluding hydrogens is 304 g/mol. The van der Waals surface area contributed by atoms with Gasteiger partial charge in [0.1, 0.15) is 5.76 Å². The molecule has 0 atom stereocenters. The summed E-state index contributed by atoms with van der Waals surface area (Å²) in [6.07, 6.45) is 4.60. The Hall–Kier alpha value is -1.88. The number of ketones is 1. The molecule has 0 aliphatic carbocycles. The van der Waals surface area contributed by atoms with Gasteiger partial charge < -0.3 is 13.9 Å². The van der Waals surface area contributed by atoms with Gasteiger partial charge >= 0.3 is 0 Å². The van der Waals surface area contributed by atoms with Crippen molar-refractivity contribution in [2.24, 2.45) is 0 Å². The first-order valence-electron chi connectivity index (χ1n) is 6.70. The lowest BCUT2D eigenvalue weighted by molar-refractivity contribution is 0.104. The Balaban J connectivity index is 2.33. The summed E-state index contributed by atoms with van der Waals surface area (Å²) in [5, 5.41) is 0.399. The Bertz CT molecular complexity index is 660. The fraction of sp³-hybridized carbons (Fsp3) is 0.235. The van der Waals surface area contributed by atoms with E-state index in [9.17, 15) is 4.79 Å². The van der Waals surface area contributed by atoms with Gasteiger partial charge in [-0.1, -0.05) is 11.6 Å². The average Bonchev–Trinajstić information content (AvgIpc) is 3.02. The average molecular weight is 321 g/mol. The van der Waals surface area contributed by atoms with E-state index in [0.29, 0.717) is 29.6 Å². The van der Waals surface area contributed by atoms with Crippen molar-refractivity contribution in [3.8, 4) is 0 Å². The molecule has 22 heavy (non-hydrogen) atoms. The van der Waals surface area contributed by atoms with E-state index in [1.165, 1.54) is 6.08 Å². The van der Waals surface area contributed by atoms with Crippen LogP contribution in [-0.2, 0) is 22.7 Å². The first-order valence-corrected chi connectivity index (χ1v) is 7.08. The number of carbonyl (C=O) groups is 1. The normalized spacial score (nSPS) is 11.2. The van der Waals surface area contributed by atoms with Crippen molar-refractivity contribution in [3.05, 3.63) is 64.1 Å². The minimum absolute atomic E-state index is 0.197. The molecule has 0 amide bonds. The number of carbonyl (C=O) groups excluding carboxylic acids is 1. The first-order chi connectivity index (χ1) is 10.7.